The van der Waals surface area contributed by atoms with Crippen LogP contribution in [-0.2, 0) is 17.4 Å². The maximum atomic E-state index is 13.5. The topological polar surface area (TPSA) is 64.6 Å². The molecule has 2 heterocycles. The smallest absolute Gasteiger partial charge is 0.316 e. The highest BCUT2D eigenvalue weighted by molar-refractivity contribution is 6.62. The van der Waals surface area contributed by atoms with Crippen molar-refractivity contribution in [3.63, 3.8) is 0 Å². The summed E-state index contributed by atoms with van der Waals surface area (Å²) in [6, 6.07) is 12.3. The first-order chi connectivity index (χ1) is 18.6. The van der Waals surface area contributed by atoms with E-state index in [1.807, 2.05) is 0 Å². The Morgan fingerprint density at radius 1 is 1.21 bits per heavy atom. The molecule has 0 radical (unpaired) electrons. The van der Waals surface area contributed by atoms with Gasteiger partial charge < -0.3 is 20.6 Å². The molecule has 39 heavy (non-hydrogen) atoms. The number of nitrogens with one attached hydrogen (secondary N) is 2. The van der Waals surface area contributed by atoms with Crippen molar-refractivity contribution in [2.45, 2.75) is 75.9 Å². The Bertz CT molecular complexity index is 1090. The number of aliphatic hydroxyl groups excluding tert-OH is 1. The van der Waals surface area contributed by atoms with Crippen molar-refractivity contribution in [3.8, 4) is 0 Å². The lowest BCUT2D eigenvalue weighted by molar-refractivity contribution is 0.135. The summed E-state index contributed by atoms with van der Waals surface area (Å²) in [5, 5.41) is 17.6. The van der Waals surface area contributed by atoms with Crippen molar-refractivity contribution in [1.82, 2.24) is 15.5 Å². The summed E-state index contributed by atoms with van der Waals surface area (Å²) in [4.78, 5) is 13.2. The van der Waals surface area contributed by atoms with E-state index in [1.54, 1.807) is 4.90 Å². The molecular formula is C31H42ClF2N3O2. The van der Waals surface area contributed by atoms with Crippen LogP contribution in [0.25, 0.3) is 0 Å². The Morgan fingerprint density at radius 3 is 2.56 bits per heavy atom. The lowest BCUT2D eigenvalue weighted by Crippen LogP contribution is -2.55. The number of carbonyl (C=O) groups is 1. The minimum Gasteiger partial charge on any atom is -0.392 e. The number of nitrogens with zero attached hydrogens (tertiary/aromatic N) is 1. The summed E-state index contributed by atoms with van der Waals surface area (Å²) in [5.74, 6) is -0.645. The molecule has 0 saturated carbocycles. The van der Waals surface area contributed by atoms with Crippen molar-refractivity contribution in [2.75, 3.05) is 32.7 Å². The van der Waals surface area contributed by atoms with Crippen LogP contribution in [0.5, 0.6) is 0 Å². The molecule has 2 saturated heterocycles. The molecule has 0 aliphatic carbocycles. The van der Waals surface area contributed by atoms with E-state index < -0.39 is 17.7 Å². The number of piperidine rings is 2. The molecule has 2 aromatic carbocycles. The van der Waals surface area contributed by atoms with Gasteiger partial charge in [-0.25, -0.2) is 8.78 Å². The van der Waals surface area contributed by atoms with E-state index in [2.05, 4.69) is 48.7 Å². The van der Waals surface area contributed by atoms with Crippen LogP contribution in [-0.4, -0.2) is 54.2 Å². The van der Waals surface area contributed by atoms with Gasteiger partial charge in [-0.3, -0.25) is 4.79 Å². The molecule has 5 nitrogen and oxygen atoms in total. The molecule has 1 amide bonds. The number of hydrogen-bond donors (Lipinski definition) is 3. The molecular weight excluding hydrogens is 520 g/mol. The highest BCUT2D eigenvalue weighted by Gasteiger charge is 2.36. The first-order valence-electron chi connectivity index (χ1n) is 14.2. The molecule has 0 spiro atoms. The van der Waals surface area contributed by atoms with E-state index in [0.717, 1.165) is 64.3 Å². The molecule has 8 heteroatoms. The molecule has 2 atom stereocenters. The van der Waals surface area contributed by atoms with Gasteiger partial charge in [-0.05, 0) is 103 Å². The third-order valence-corrected chi connectivity index (χ3v) is 8.85. The number of rotatable bonds is 10. The molecule has 2 aliphatic heterocycles. The summed E-state index contributed by atoms with van der Waals surface area (Å²) in [6.07, 6.45) is 5.15. The van der Waals surface area contributed by atoms with Crippen molar-refractivity contribution in [1.29, 1.82) is 0 Å². The number of aliphatic hydroxyl groups is 1. The zero-order valence-corrected chi connectivity index (χ0v) is 23.9. The highest BCUT2D eigenvalue weighted by Crippen LogP contribution is 2.37. The lowest BCUT2D eigenvalue weighted by atomic mass is 9.73. The molecule has 0 aromatic heterocycles. The van der Waals surface area contributed by atoms with E-state index in [4.69, 9.17) is 11.6 Å². The van der Waals surface area contributed by atoms with Gasteiger partial charge in [0.25, 0.3) is 0 Å². The highest BCUT2D eigenvalue weighted by atomic mass is 35.5. The van der Waals surface area contributed by atoms with E-state index >= 15 is 0 Å². The molecule has 3 N–H and O–H groups in total. The Labute approximate surface area is 236 Å². The summed E-state index contributed by atoms with van der Waals surface area (Å²) in [5.41, 5.74) is 2.72. The van der Waals surface area contributed by atoms with E-state index in [0.29, 0.717) is 30.9 Å². The predicted molar refractivity (Wildman–Crippen MR) is 152 cm³/mol. The van der Waals surface area contributed by atoms with Crippen LogP contribution >= 0.6 is 11.6 Å². The minimum atomic E-state index is -0.638. The van der Waals surface area contributed by atoms with Crippen LogP contribution in [0.3, 0.4) is 0 Å². The normalized spacial score (nSPS) is 21.6. The third-order valence-electron chi connectivity index (χ3n) is 8.61. The average Bonchev–Trinajstić information content (AvgIpc) is 2.91. The lowest BCUT2D eigenvalue weighted by Gasteiger charge is -2.41. The number of halogens is 3. The van der Waals surface area contributed by atoms with Crippen LogP contribution in [0.4, 0.5) is 13.6 Å². The zero-order valence-electron chi connectivity index (χ0n) is 23.1. The van der Waals surface area contributed by atoms with Gasteiger partial charge in [0.2, 0.25) is 0 Å². The molecule has 4 rings (SSSR count). The van der Waals surface area contributed by atoms with Gasteiger partial charge in [0.1, 0.15) is 11.6 Å². The van der Waals surface area contributed by atoms with Gasteiger partial charge in [-0.15, -0.1) is 0 Å². The maximum absolute atomic E-state index is 13.5. The monoisotopic (exact) mass is 561 g/mol. The minimum absolute atomic E-state index is 0.0309. The summed E-state index contributed by atoms with van der Waals surface area (Å²) in [6.45, 7) is 8.16. The van der Waals surface area contributed by atoms with Gasteiger partial charge in [-0.1, -0.05) is 38.1 Å². The van der Waals surface area contributed by atoms with Crippen molar-refractivity contribution in [2.24, 2.45) is 5.92 Å². The molecule has 2 unspecified atom stereocenters. The Morgan fingerprint density at radius 2 is 1.92 bits per heavy atom. The quantitative estimate of drug-likeness (QED) is 0.251. The van der Waals surface area contributed by atoms with Crippen molar-refractivity contribution in [3.05, 3.63) is 70.8 Å². The number of amides is 1. The molecule has 2 aromatic rings. The van der Waals surface area contributed by atoms with E-state index in [9.17, 15) is 18.7 Å². The Kier molecular flexibility index (Phi) is 10.0. The van der Waals surface area contributed by atoms with Crippen LogP contribution in [0.15, 0.2) is 42.5 Å². The summed E-state index contributed by atoms with van der Waals surface area (Å²) in [7, 11) is 0. The fourth-order valence-electron chi connectivity index (χ4n) is 6.30. The summed E-state index contributed by atoms with van der Waals surface area (Å²) >= 11 is 5.67. The van der Waals surface area contributed by atoms with Crippen molar-refractivity contribution < 1.29 is 18.7 Å². The molecule has 214 valence electrons. The van der Waals surface area contributed by atoms with Gasteiger partial charge in [0.15, 0.2) is 0 Å². The predicted octanol–water partition coefficient (Wildman–Crippen LogP) is 5.87. The second-order valence-corrected chi connectivity index (χ2v) is 12.4. The second kappa shape index (κ2) is 13.1. The average molecular weight is 562 g/mol. The first kappa shape index (κ1) is 29.9. The number of likely N-dealkylation sites (tertiary alicyclic amines) is 1. The third kappa shape index (κ3) is 8.00. The SMILES string of the molecule is CC(C)(CC1CCN(C(=O)Cl)CC1)c1cccc(C2(NCC(O)CCc3cc(F)cc(F)c3)CCCNC2)c1. The number of aryl methyl sites for hydroxylation is 1. The van der Waals surface area contributed by atoms with Gasteiger partial charge in [-0.2, -0.15) is 0 Å². The number of carbonyl (C=O) groups excluding carboxylic acids is 1. The standard InChI is InChI=1S/C31H42ClF2N3O2/c1-30(2,19-22-9-13-37(14-10-22)29(32)39)24-5-3-6-25(17-24)31(11-4-12-35-21-31)36-20-28(38)8-7-23-15-26(33)18-27(34)16-23/h3,5-6,15-18,22,28,35-36,38H,4,7-14,19-21H2,1-2H3. The first-order valence-corrected chi connectivity index (χ1v) is 14.6. The Balaban J connectivity index is 1.41. The zero-order chi connectivity index (χ0) is 28.0. The fourth-order valence-corrected chi connectivity index (χ4v) is 6.47. The molecule has 0 bridgehead atoms. The van der Waals surface area contributed by atoms with Gasteiger partial charge in [0, 0.05) is 32.2 Å². The molecule has 2 fully saturated rings. The molecule has 2 aliphatic rings. The second-order valence-electron chi connectivity index (χ2n) is 12.1. The maximum Gasteiger partial charge on any atom is 0.316 e. The van der Waals surface area contributed by atoms with E-state index in [1.165, 1.54) is 23.3 Å². The van der Waals surface area contributed by atoms with E-state index in [-0.39, 0.29) is 16.3 Å². The fraction of sp³-hybridized carbons (Fsp3) is 0.581. The van der Waals surface area contributed by atoms with Crippen LogP contribution in [0, 0.1) is 17.6 Å². The van der Waals surface area contributed by atoms with Gasteiger partial charge >= 0.3 is 5.37 Å². The number of hydrogen-bond acceptors (Lipinski definition) is 4. The Hall–Kier alpha value is -2.06. The van der Waals surface area contributed by atoms with Crippen LogP contribution < -0.4 is 10.6 Å². The number of benzene rings is 2. The van der Waals surface area contributed by atoms with Crippen LogP contribution in [0.1, 0.15) is 69.1 Å². The van der Waals surface area contributed by atoms with Gasteiger partial charge in [0.05, 0.1) is 11.6 Å². The summed E-state index contributed by atoms with van der Waals surface area (Å²) < 4.78 is 27.1. The van der Waals surface area contributed by atoms with Crippen LogP contribution in [0.2, 0.25) is 0 Å². The van der Waals surface area contributed by atoms with Crippen molar-refractivity contribution >= 4 is 17.0 Å². The largest absolute Gasteiger partial charge is 0.392 e.